The van der Waals surface area contributed by atoms with Gasteiger partial charge in [-0.3, -0.25) is 4.90 Å². The van der Waals surface area contributed by atoms with Crippen molar-refractivity contribution in [3.8, 4) is 0 Å². The van der Waals surface area contributed by atoms with E-state index in [1.807, 2.05) is 0 Å². The third kappa shape index (κ3) is 1.82. The third-order valence-corrected chi connectivity index (χ3v) is 6.89. The molecule has 5 fully saturated rings. The molecule has 3 heteroatoms. The average molecular weight is 278 g/mol. The summed E-state index contributed by atoms with van der Waals surface area (Å²) in [5.41, 5.74) is 6.73. The first-order valence-electron chi connectivity index (χ1n) is 8.72. The molecule has 0 aromatic carbocycles. The van der Waals surface area contributed by atoms with Gasteiger partial charge in [-0.1, -0.05) is 0 Å². The minimum atomic E-state index is 0.305. The fraction of sp³-hybridized carbons (Fsp3) is 1.00. The van der Waals surface area contributed by atoms with Crippen molar-refractivity contribution >= 4 is 0 Å². The van der Waals surface area contributed by atoms with E-state index in [0.717, 1.165) is 43.3 Å². The first-order chi connectivity index (χ1) is 9.61. The van der Waals surface area contributed by atoms with Crippen molar-refractivity contribution in [2.24, 2.45) is 29.4 Å². The molecular weight excluding hydrogens is 248 g/mol. The molecule has 0 aromatic rings. The lowest BCUT2D eigenvalue weighted by molar-refractivity contribution is -0.176. The average Bonchev–Trinajstić information content (AvgIpc) is 2.37. The van der Waals surface area contributed by atoms with Crippen LogP contribution in [-0.2, 0) is 4.74 Å². The Morgan fingerprint density at radius 3 is 1.90 bits per heavy atom. The molecule has 1 aliphatic heterocycles. The van der Waals surface area contributed by atoms with E-state index in [0.29, 0.717) is 17.7 Å². The number of rotatable bonds is 2. The molecule has 114 valence electrons. The van der Waals surface area contributed by atoms with Gasteiger partial charge in [-0.15, -0.1) is 0 Å². The lowest BCUT2D eigenvalue weighted by atomic mass is 9.48. The quantitative estimate of drug-likeness (QED) is 0.842. The fourth-order valence-electron chi connectivity index (χ4n) is 6.50. The Hall–Kier alpha value is -0.120. The first-order valence-corrected chi connectivity index (χ1v) is 8.72. The van der Waals surface area contributed by atoms with Crippen molar-refractivity contribution in [2.75, 3.05) is 19.6 Å². The van der Waals surface area contributed by atoms with Crippen LogP contribution in [0.5, 0.6) is 0 Å². The van der Waals surface area contributed by atoms with Gasteiger partial charge >= 0.3 is 0 Å². The van der Waals surface area contributed by atoms with Gasteiger partial charge in [0.1, 0.15) is 0 Å². The molecule has 1 saturated heterocycles. The molecule has 5 rings (SSSR count). The Kier molecular flexibility index (Phi) is 3.17. The van der Waals surface area contributed by atoms with Gasteiger partial charge in [0.05, 0.1) is 12.2 Å². The van der Waals surface area contributed by atoms with Crippen molar-refractivity contribution in [1.82, 2.24) is 4.90 Å². The molecule has 4 bridgehead atoms. The molecule has 0 spiro atoms. The van der Waals surface area contributed by atoms with Crippen LogP contribution in [-0.4, -0.2) is 42.3 Å². The third-order valence-electron chi connectivity index (χ3n) is 6.89. The summed E-state index contributed by atoms with van der Waals surface area (Å²) in [4.78, 5) is 2.76. The molecule has 4 saturated carbocycles. The lowest BCUT2D eigenvalue weighted by Gasteiger charge is -2.65. The van der Waals surface area contributed by atoms with E-state index in [2.05, 4.69) is 18.7 Å². The highest BCUT2D eigenvalue weighted by atomic mass is 16.5. The van der Waals surface area contributed by atoms with Gasteiger partial charge in [-0.05, 0) is 69.6 Å². The summed E-state index contributed by atoms with van der Waals surface area (Å²) in [5.74, 6) is 3.77. The Morgan fingerprint density at radius 2 is 1.45 bits per heavy atom. The zero-order valence-corrected chi connectivity index (χ0v) is 13.1. The smallest absolute Gasteiger partial charge is 0.0678 e. The lowest BCUT2D eigenvalue weighted by Crippen LogP contribution is -2.71. The van der Waals surface area contributed by atoms with Gasteiger partial charge < -0.3 is 10.5 Å². The van der Waals surface area contributed by atoms with E-state index in [4.69, 9.17) is 10.5 Å². The van der Waals surface area contributed by atoms with E-state index in [-0.39, 0.29) is 0 Å². The molecule has 4 aliphatic carbocycles. The van der Waals surface area contributed by atoms with E-state index in [1.165, 1.54) is 32.1 Å². The summed E-state index contributed by atoms with van der Waals surface area (Å²) in [6.07, 6.45) is 8.03. The summed E-state index contributed by atoms with van der Waals surface area (Å²) in [6, 6.07) is 0. The summed E-state index contributed by atoms with van der Waals surface area (Å²) < 4.78 is 5.97. The summed E-state index contributed by atoms with van der Waals surface area (Å²) >= 11 is 0. The van der Waals surface area contributed by atoms with Crippen LogP contribution in [0.1, 0.15) is 46.0 Å². The first kappa shape index (κ1) is 13.5. The van der Waals surface area contributed by atoms with E-state index >= 15 is 0 Å². The molecule has 0 radical (unpaired) electrons. The second-order valence-electron chi connectivity index (χ2n) is 8.16. The van der Waals surface area contributed by atoms with Crippen LogP contribution in [0.25, 0.3) is 0 Å². The molecule has 0 aromatic heterocycles. The molecule has 5 aliphatic rings. The van der Waals surface area contributed by atoms with Crippen LogP contribution >= 0.6 is 0 Å². The van der Waals surface area contributed by atoms with Gasteiger partial charge in [-0.2, -0.15) is 0 Å². The monoisotopic (exact) mass is 278 g/mol. The van der Waals surface area contributed by atoms with Gasteiger partial charge in [0.15, 0.2) is 0 Å². The molecule has 2 atom stereocenters. The molecular formula is C17H30N2O. The number of ether oxygens (including phenoxy) is 1. The minimum Gasteiger partial charge on any atom is -0.373 e. The number of hydrogen-bond acceptors (Lipinski definition) is 3. The molecule has 1 heterocycles. The maximum Gasteiger partial charge on any atom is 0.0678 e. The number of hydrogen-bond donors (Lipinski definition) is 1. The minimum absolute atomic E-state index is 0.305. The largest absolute Gasteiger partial charge is 0.373 e. The highest BCUT2D eigenvalue weighted by Crippen LogP contribution is 2.60. The van der Waals surface area contributed by atoms with Crippen molar-refractivity contribution in [3.63, 3.8) is 0 Å². The van der Waals surface area contributed by atoms with Gasteiger partial charge in [0, 0.05) is 25.2 Å². The molecule has 2 N–H and O–H groups in total. The Balaban J connectivity index is 1.65. The normalized spacial score (nSPS) is 55.4. The van der Waals surface area contributed by atoms with Crippen LogP contribution in [0.15, 0.2) is 0 Å². The standard InChI is InChI=1S/C17H30N2O/c1-11-8-19(9-12(2)20-11)17(10-18)15-4-13-3-14(6-15)7-16(17)5-13/h11-16H,3-10,18H2,1-2H3. The fourth-order valence-corrected chi connectivity index (χ4v) is 6.50. The van der Waals surface area contributed by atoms with Crippen molar-refractivity contribution < 1.29 is 4.74 Å². The SMILES string of the molecule is CC1CN(C2(CN)C3CC4CC(C3)CC2C4)CC(C)O1. The molecule has 0 amide bonds. The Morgan fingerprint density at radius 1 is 0.950 bits per heavy atom. The number of morpholine rings is 1. The van der Waals surface area contributed by atoms with Crippen LogP contribution in [0.4, 0.5) is 0 Å². The molecule has 2 unspecified atom stereocenters. The highest BCUT2D eigenvalue weighted by molar-refractivity contribution is 5.13. The zero-order valence-electron chi connectivity index (χ0n) is 13.1. The summed E-state index contributed by atoms with van der Waals surface area (Å²) in [7, 11) is 0. The second kappa shape index (κ2) is 4.69. The molecule has 3 nitrogen and oxygen atoms in total. The molecule has 20 heavy (non-hydrogen) atoms. The Bertz CT molecular complexity index is 345. The van der Waals surface area contributed by atoms with Crippen molar-refractivity contribution in [3.05, 3.63) is 0 Å². The maximum atomic E-state index is 6.43. The van der Waals surface area contributed by atoms with Crippen LogP contribution in [0.3, 0.4) is 0 Å². The second-order valence-corrected chi connectivity index (χ2v) is 8.16. The van der Waals surface area contributed by atoms with Gasteiger partial charge in [0.2, 0.25) is 0 Å². The van der Waals surface area contributed by atoms with E-state index in [9.17, 15) is 0 Å². The number of nitrogens with two attached hydrogens (primary N) is 1. The van der Waals surface area contributed by atoms with E-state index < -0.39 is 0 Å². The van der Waals surface area contributed by atoms with Gasteiger partial charge in [-0.25, -0.2) is 0 Å². The zero-order chi connectivity index (χ0) is 13.9. The van der Waals surface area contributed by atoms with Crippen LogP contribution < -0.4 is 5.73 Å². The Labute approximate surface area is 123 Å². The van der Waals surface area contributed by atoms with Crippen molar-refractivity contribution in [2.45, 2.75) is 63.7 Å². The summed E-state index contributed by atoms with van der Waals surface area (Å²) in [5, 5.41) is 0. The maximum absolute atomic E-state index is 6.43. The topological polar surface area (TPSA) is 38.5 Å². The van der Waals surface area contributed by atoms with E-state index in [1.54, 1.807) is 0 Å². The van der Waals surface area contributed by atoms with Crippen molar-refractivity contribution in [1.29, 1.82) is 0 Å². The van der Waals surface area contributed by atoms with Crippen LogP contribution in [0.2, 0.25) is 0 Å². The van der Waals surface area contributed by atoms with Crippen LogP contribution in [0, 0.1) is 23.7 Å². The predicted molar refractivity (Wildman–Crippen MR) is 80.4 cm³/mol. The predicted octanol–water partition coefficient (Wildman–Crippen LogP) is 2.25. The highest BCUT2D eigenvalue weighted by Gasteiger charge is 2.59. The van der Waals surface area contributed by atoms with Gasteiger partial charge in [0.25, 0.3) is 0 Å². The number of nitrogens with zero attached hydrogens (tertiary/aromatic N) is 1. The summed E-state index contributed by atoms with van der Waals surface area (Å²) in [6.45, 7) is 7.49.